The number of hydrogen-bond acceptors (Lipinski definition) is 3. The van der Waals surface area contributed by atoms with Gasteiger partial charge in [-0.15, -0.1) is 0 Å². The van der Waals surface area contributed by atoms with Crippen molar-refractivity contribution in [1.29, 1.82) is 0 Å². The van der Waals surface area contributed by atoms with E-state index < -0.39 is 5.60 Å². The molecule has 1 heterocycles. The highest BCUT2D eigenvalue weighted by molar-refractivity contribution is 6.28. The number of aliphatic hydroxyl groups is 1. The molecule has 4 heteroatoms. The van der Waals surface area contributed by atoms with Crippen molar-refractivity contribution < 1.29 is 5.11 Å². The Morgan fingerprint density at radius 1 is 1.55 bits per heavy atom. The Hall–Kier alpha value is -0.670. The molecule has 0 saturated heterocycles. The summed E-state index contributed by atoms with van der Waals surface area (Å²) in [5.74, 6) is 0. The molecule has 0 aliphatic rings. The molecule has 0 bridgehead atoms. The summed E-state index contributed by atoms with van der Waals surface area (Å²) in [5, 5.41) is 9.62. The third-order valence-electron chi connectivity index (χ3n) is 1.25. The number of nitrogens with zero attached hydrogens (tertiary/aromatic N) is 2. The van der Waals surface area contributed by atoms with Crippen molar-refractivity contribution in [2.45, 2.75) is 19.4 Å². The van der Waals surface area contributed by atoms with Crippen LogP contribution in [0.2, 0.25) is 5.28 Å². The molecule has 0 saturated carbocycles. The summed E-state index contributed by atoms with van der Waals surface area (Å²) in [6.45, 7) is 3.29. The Kier molecular flexibility index (Phi) is 2.11. The molecule has 3 nitrogen and oxygen atoms in total. The van der Waals surface area contributed by atoms with Crippen LogP contribution >= 0.6 is 11.6 Å². The number of hydrogen-bond donors (Lipinski definition) is 1. The molecule has 0 aromatic carbocycles. The van der Waals surface area contributed by atoms with Crippen LogP contribution in [-0.4, -0.2) is 15.1 Å². The fraction of sp³-hybridized carbons (Fsp3) is 0.429. The molecular formula is C7H9ClN2O. The van der Waals surface area contributed by atoms with Crippen LogP contribution in [0.3, 0.4) is 0 Å². The van der Waals surface area contributed by atoms with Gasteiger partial charge in [0.05, 0.1) is 5.69 Å². The summed E-state index contributed by atoms with van der Waals surface area (Å²) in [6, 6.07) is 1.63. The topological polar surface area (TPSA) is 46.0 Å². The Balaban J connectivity index is 3.06. The first-order valence-electron chi connectivity index (χ1n) is 3.21. The number of aromatic nitrogens is 2. The fourth-order valence-electron chi connectivity index (χ4n) is 0.676. The zero-order chi connectivity index (χ0) is 8.48. The highest BCUT2D eigenvalue weighted by Crippen LogP contribution is 2.16. The first-order chi connectivity index (χ1) is 5.00. The molecule has 0 aliphatic carbocycles. The molecule has 0 amide bonds. The molecule has 1 aromatic rings. The minimum atomic E-state index is -0.952. The van der Waals surface area contributed by atoms with E-state index >= 15 is 0 Å². The van der Waals surface area contributed by atoms with Gasteiger partial charge in [-0.1, -0.05) is 0 Å². The van der Waals surface area contributed by atoms with Gasteiger partial charge in [0.1, 0.15) is 5.60 Å². The molecule has 0 fully saturated rings. The molecule has 0 aliphatic heterocycles. The van der Waals surface area contributed by atoms with Crippen LogP contribution in [0.25, 0.3) is 0 Å². The van der Waals surface area contributed by atoms with Gasteiger partial charge in [0.15, 0.2) is 0 Å². The van der Waals surface area contributed by atoms with Crippen LogP contribution in [0.4, 0.5) is 0 Å². The third kappa shape index (κ3) is 2.13. The standard InChI is InChI=1S/C7H9ClN2O/c1-7(2,11)5-3-4-9-6(8)10-5/h3-4,11H,1-2H3. The molecule has 1 rings (SSSR count). The second-order valence-corrected chi connectivity index (χ2v) is 3.11. The largest absolute Gasteiger partial charge is 0.384 e. The monoisotopic (exact) mass is 172 g/mol. The summed E-state index contributed by atoms with van der Waals surface area (Å²) >= 11 is 5.52. The second kappa shape index (κ2) is 2.75. The van der Waals surface area contributed by atoms with Gasteiger partial charge in [-0.2, -0.15) is 0 Å². The Morgan fingerprint density at radius 3 is 2.55 bits per heavy atom. The van der Waals surface area contributed by atoms with Crippen LogP contribution < -0.4 is 0 Å². The van der Waals surface area contributed by atoms with Crippen LogP contribution in [0.15, 0.2) is 12.3 Å². The van der Waals surface area contributed by atoms with Gasteiger partial charge >= 0.3 is 0 Å². The van der Waals surface area contributed by atoms with Crippen molar-refractivity contribution in [3.8, 4) is 0 Å². The minimum Gasteiger partial charge on any atom is -0.384 e. The van der Waals surface area contributed by atoms with Crippen LogP contribution in [0, 0.1) is 0 Å². The quantitative estimate of drug-likeness (QED) is 0.651. The fourth-order valence-corrected chi connectivity index (χ4v) is 0.823. The van der Waals surface area contributed by atoms with Gasteiger partial charge in [0.2, 0.25) is 5.28 Å². The van der Waals surface area contributed by atoms with Gasteiger partial charge in [0.25, 0.3) is 0 Å². The van der Waals surface area contributed by atoms with Crippen molar-refractivity contribution in [3.05, 3.63) is 23.2 Å². The summed E-state index contributed by atoms with van der Waals surface area (Å²) < 4.78 is 0. The van der Waals surface area contributed by atoms with E-state index in [1.807, 2.05) is 0 Å². The van der Waals surface area contributed by atoms with E-state index in [0.717, 1.165) is 0 Å². The van der Waals surface area contributed by atoms with Gasteiger partial charge < -0.3 is 5.11 Å². The summed E-state index contributed by atoms with van der Waals surface area (Å²) in [7, 11) is 0. The van der Waals surface area contributed by atoms with Gasteiger partial charge in [0, 0.05) is 6.20 Å². The maximum absolute atomic E-state index is 9.46. The summed E-state index contributed by atoms with van der Waals surface area (Å²) in [5.41, 5.74) is -0.426. The van der Waals surface area contributed by atoms with Crippen LogP contribution in [0.1, 0.15) is 19.5 Å². The van der Waals surface area contributed by atoms with Crippen molar-refractivity contribution >= 4 is 11.6 Å². The van der Waals surface area contributed by atoms with Crippen molar-refractivity contribution in [2.75, 3.05) is 0 Å². The van der Waals surface area contributed by atoms with Crippen LogP contribution in [0.5, 0.6) is 0 Å². The van der Waals surface area contributed by atoms with E-state index in [2.05, 4.69) is 9.97 Å². The predicted molar refractivity (Wildman–Crippen MR) is 42.3 cm³/mol. The highest BCUT2D eigenvalue weighted by Gasteiger charge is 2.17. The van der Waals surface area contributed by atoms with Gasteiger partial charge in [-0.25, -0.2) is 9.97 Å². The molecule has 0 radical (unpaired) electrons. The average Bonchev–Trinajstić information content (AvgIpc) is 1.86. The zero-order valence-corrected chi connectivity index (χ0v) is 7.13. The lowest BCUT2D eigenvalue weighted by Gasteiger charge is -2.15. The summed E-state index contributed by atoms with van der Waals surface area (Å²) in [6.07, 6.45) is 1.52. The first kappa shape index (κ1) is 8.43. The van der Waals surface area contributed by atoms with E-state index in [1.54, 1.807) is 19.9 Å². The van der Waals surface area contributed by atoms with Gasteiger partial charge in [-0.05, 0) is 31.5 Å². The minimum absolute atomic E-state index is 0.157. The number of halogens is 1. The van der Waals surface area contributed by atoms with E-state index in [1.165, 1.54) is 6.20 Å². The predicted octanol–water partition coefficient (Wildman–Crippen LogP) is 1.36. The smallest absolute Gasteiger partial charge is 0.222 e. The molecule has 0 atom stereocenters. The summed E-state index contributed by atoms with van der Waals surface area (Å²) in [4.78, 5) is 7.55. The lowest BCUT2D eigenvalue weighted by molar-refractivity contribution is 0.0737. The number of rotatable bonds is 1. The zero-order valence-electron chi connectivity index (χ0n) is 6.37. The molecule has 11 heavy (non-hydrogen) atoms. The maximum atomic E-state index is 9.46. The Morgan fingerprint density at radius 2 is 2.18 bits per heavy atom. The molecule has 1 N–H and O–H groups in total. The van der Waals surface area contributed by atoms with Gasteiger partial charge in [-0.3, -0.25) is 0 Å². The Labute approximate surface area is 70.1 Å². The lowest BCUT2D eigenvalue weighted by atomic mass is 10.1. The maximum Gasteiger partial charge on any atom is 0.222 e. The van der Waals surface area contributed by atoms with E-state index in [0.29, 0.717) is 5.69 Å². The lowest BCUT2D eigenvalue weighted by Crippen LogP contribution is -2.17. The SMILES string of the molecule is CC(C)(O)c1ccnc(Cl)n1. The van der Waals surface area contributed by atoms with Crippen molar-refractivity contribution in [1.82, 2.24) is 9.97 Å². The van der Waals surface area contributed by atoms with E-state index in [9.17, 15) is 5.11 Å². The van der Waals surface area contributed by atoms with Crippen LogP contribution in [-0.2, 0) is 5.60 Å². The normalized spacial score (nSPS) is 11.6. The molecule has 60 valence electrons. The molecular weight excluding hydrogens is 164 g/mol. The first-order valence-corrected chi connectivity index (χ1v) is 3.59. The molecule has 1 aromatic heterocycles. The van der Waals surface area contributed by atoms with Crippen molar-refractivity contribution in [2.24, 2.45) is 0 Å². The van der Waals surface area contributed by atoms with E-state index in [4.69, 9.17) is 11.6 Å². The van der Waals surface area contributed by atoms with Crippen molar-refractivity contribution in [3.63, 3.8) is 0 Å². The second-order valence-electron chi connectivity index (χ2n) is 2.77. The molecule has 0 spiro atoms. The third-order valence-corrected chi connectivity index (χ3v) is 1.44. The Bertz CT molecular complexity index is 257. The average molecular weight is 173 g/mol. The highest BCUT2D eigenvalue weighted by atomic mass is 35.5. The van der Waals surface area contributed by atoms with E-state index in [-0.39, 0.29) is 5.28 Å². The molecule has 0 unspecified atom stereocenters.